The molecule has 0 aliphatic rings. The van der Waals surface area contributed by atoms with Crippen LogP contribution in [0.2, 0.25) is 0 Å². The lowest BCUT2D eigenvalue weighted by Crippen LogP contribution is -2.03. The van der Waals surface area contributed by atoms with Crippen molar-refractivity contribution in [3.05, 3.63) is 71.9 Å². The fourth-order valence-electron chi connectivity index (χ4n) is 2.42. The van der Waals surface area contributed by atoms with Gasteiger partial charge in [-0.15, -0.1) is 0 Å². The van der Waals surface area contributed by atoms with Crippen LogP contribution in [0.25, 0.3) is 10.9 Å². The molecule has 1 heterocycles. The Hall–Kier alpha value is -2.35. The van der Waals surface area contributed by atoms with Crippen molar-refractivity contribution in [1.29, 1.82) is 0 Å². The van der Waals surface area contributed by atoms with E-state index in [1.165, 1.54) is 16.5 Å². The van der Waals surface area contributed by atoms with E-state index in [0.29, 0.717) is 0 Å². The lowest BCUT2D eigenvalue weighted by atomic mass is 10.1. The fraction of sp³-hybridized carbons (Fsp3) is 0.167. The molecule has 0 aliphatic carbocycles. The van der Waals surface area contributed by atoms with E-state index >= 15 is 0 Å². The third-order valence-corrected chi connectivity index (χ3v) is 3.47. The van der Waals surface area contributed by atoms with Crippen molar-refractivity contribution >= 4 is 17.1 Å². The predicted octanol–water partition coefficient (Wildman–Crippen LogP) is 4.22. The molecule has 0 unspecified atom stereocenters. The van der Waals surface area contributed by atoms with Crippen molar-refractivity contribution in [2.45, 2.75) is 19.4 Å². The lowest BCUT2D eigenvalue weighted by molar-refractivity contribution is 0.747. The number of aromatic nitrogens is 1. The topological polar surface area (TPSA) is 28.1 Å². The maximum Gasteiger partial charge on any atom is 0.0512 e. The van der Waals surface area contributed by atoms with Crippen LogP contribution < -0.4 is 0 Å². The highest BCUT2D eigenvalue weighted by molar-refractivity contribution is 5.83. The van der Waals surface area contributed by atoms with Gasteiger partial charge < -0.3 is 4.98 Å². The normalized spacial score (nSPS) is 13.1. The van der Waals surface area contributed by atoms with Gasteiger partial charge in [0.05, 0.1) is 6.04 Å². The molecule has 3 rings (SSSR count). The van der Waals surface area contributed by atoms with Gasteiger partial charge in [-0.25, -0.2) is 0 Å². The average molecular weight is 262 g/mol. The molecule has 0 bridgehead atoms. The van der Waals surface area contributed by atoms with Crippen LogP contribution in [0.5, 0.6) is 0 Å². The Bertz CT molecular complexity index is 710. The van der Waals surface area contributed by atoms with E-state index in [1.54, 1.807) is 0 Å². The van der Waals surface area contributed by atoms with Crippen molar-refractivity contribution in [2.24, 2.45) is 4.99 Å². The van der Waals surface area contributed by atoms with Crippen LogP contribution in [0.1, 0.15) is 18.1 Å². The monoisotopic (exact) mass is 262 g/mol. The summed E-state index contributed by atoms with van der Waals surface area (Å²) < 4.78 is 0. The van der Waals surface area contributed by atoms with Crippen molar-refractivity contribution < 1.29 is 0 Å². The van der Waals surface area contributed by atoms with Gasteiger partial charge in [0.15, 0.2) is 0 Å². The number of aliphatic imine (C=N–C) groups is 1. The van der Waals surface area contributed by atoms with Gasteiger partial charge >= 0.3 is 0 Å². The first-order chi connectivity index (χ1) is 9.83. The van der Waals surface area contributed by atoms with Crippen LogP contribution >= 0.6 is 0 Å². The molecule has 0 radical (unpaired) electrons. The van der Waals surface area contributed by atoms with E-state index in [4.69, 9.17) is 0 Å². The van der Waals surface area contributed by atoms with Gasteiger partial charge in [-0.3, -0.25) is 4.99 Å². The summed E-state index contributed by atoms with van der Waals surface area (Å²) in [6.45, 7) is 2.15. The van der Waals surface area contributed by atoms with Crippen LogP contribution in [-0.2, 0) is 6.42 Å². The lowest BCUT2D eigenvalue weighted by Gasteiger charge is -2.05. The van der Waals surface area contributed by atoms with E-state index in [2.05, 4.69) is 59.5 Å². The molecule has 0 saturated carbocycles. The molecule has 2 nitrogen and oxygen atoms in total. The quantitative estimate of drug-likeness (QED) is 0.682. The van der Waals surface area contributed by atoms with Crippen molar-refractivity contribution in [1.82, 2.24) is 4.98 Å². The molecule has 0 saturated heterocycles. The molecule has 1 aromatic heterocycles. The zero-order valence-corrected chi connectivity index (χ0v) is 11.6. The number of aromatic amines is 1. The molecular formula is C18H18N2. The Balaban J connectivity index is 1.73. The molecule has 0 amide bonds. The number of para-hydroxylation sites is 1. The van der Waals surface area contributed by atoms with Crippen molar-refractivity contribution in [3.8, 4) is 0 Å². The minimum atomic E-state index is 0.273. The van der Waals surface area contributed by atoms with E-state index in [0.717, 1.165) is 12.0 Å². The second-order valence-electron chi connectivity index (χ2n) is 5.10. The summed E-state index contributed by atoms with van der Waals surface area (Å²) in [6.07, 6.45) is 5.01. The molecule has 1 N–H and O–H groups in total. The van der Waals surface area contributed by atoms with E-state index in [9.17, 15) is 0 Å². The second kappa shape index (κ2) is 5.74. The highest BCUT2D eigenvalue weighted by atomic mass is 14.8. The number of H-pyrrole nitrogens is 1. The number of nitrogens with one attached hydrogen (secondary N) is 1. The molecule has 20 heavy (non-hydrogen) atoms. The van der Waals surface area contributed by atoms with Gasteiger partial charge in [-0.2, -0.15) is 0 Å². The fourth-order valence-corrected chi connectivity index (χ4v) is 2.42. The van der Waals surface area contributed by atoms with E-state index < -0.39 is 0 Å². The first kappa shape index (κ1) is 12.7. The maximum absolute atomic E-state index is 4.64. The molecule has 2 aromatic carbocycles. The summed E-state index contributed by atoms with van der Waals surface area (Å²) in [5.74, 6) is 0. The number of nitrogens with zero attached hydrogens (tertiary/aromatic N) is 1. The SMILES string of the molecule is C[C@H](Cc1c[nH]c2ccccc12)N=Cc1ccccc1. The zero-order valence-electron chi connectivity index (χ0n) is 11.6. The van der Waals surface area contributed by atoms with Gasteiger partial charge in [0.25, 0.3) is 0 Å². The third kappa shape index (κ3) is 2.80. The summed E-state index contributed by atoms with van der Waals surface area (Å²) in [5.41, 5.74) is 3.68. The Morgan fingerprint density at radius 2 is 1.80 bits per heavy atom. The number of benzene rings is 2. The summed E-state index contributed by atoms with van der Waals surface area (Å²) in [7, 11) is 0. The first-order valence-electron chi connectivity index (χ1n) is 6.96. The second-order valence-corrected chi connectivity index (χ2v) is 5.10. The molecule has 0 aliphatic heterocycles. The summed E-state index contributed by atoms with van der Waals surface area (Å²) >= 11 is 0. The summed E-state index contributed by atoms with van der Waals surface area (Å²) in [6, 6.07) is 18.9. The Kier molecular flexibility index (Phi) is 3.64. The first-order valence-corrected chi connectivity index (χ1v) is 6.96. The standard InChI is InChI=1S/C18H18N2/c1-14(19-12-15-7-3-2-4-8-15)11-16-13-20-18-10-6-5-9-17(16)18/h2-10,12-14,20H,11H2,1H3/t14-/m1/s1. The summed E-state index contributed by atoms with van der Waals surface area (Å²) in [5, 5.41) is 1.30. The highest BCUT2D eigenvalue weighted by Crippen LogP contribution is 2.19. The number of rotatable bonds is 4. The molecular weight excluding hydrogens is 244 g/mol. The van der Waals surface area contributed by atoms with Gasteiger partial charge in [0.2, 0.25) is 0 Å². The van der Waals surface area contributed by atoms with Crippen LogP contribution in [0.3, 0.4) is 0 Å². The van der Waals surface area contributed by atoms with E-state index in [1.807, 2.05) is 24.4 Å². The Morgan fingerprint density at radius 1 is 1.05 bits per heavy atom. The van der Waals surface area contributed by atoms with Crippen molar-refractivity contribution in [2.75, 3.05) is 0 Å². The van der Waals surface area contributed by atoms with Gasteiger partial charge in [-0.05, 0) is 30.5 Å². The average Bonchev–Trinajstić information content (AvgIpc) is 2.90. The minimum Gasteiger partial charge on any atom is -0.361 e. The molecule has 0 spiro atoms. The number of hydrogen-bond acceptors (Lipinski definition) is 1. The maximum atomic E-state index is 4.64. The van der Waals surface area contributed by atoms with Gasteiger partial charge in [0.1, 0.15) is 0 Å². The minimum absolute atomic E-state index is 0.273. The largest absolute Gasteiger partial charge is 0.361 e. The molecule has 2 heteroatoms. The Labute approximate surface area is 119 Å². The third-order valence-electron chi connectivity index (χ3n) is 3.47. The van der Waals surface area contributed by atoms with Crippen LogP contribution in [-0.4, -0.2) is 17.2 Å². The van der Waals surface area contributed by atoms with Gasteiger partial charge in [0, 0.05) is 23.3 Å². The predicted molar refractivity (Wildman–Crippen MR) is 85.5 cm³/mol. The van der Waals surface area contributed by atoms with Gasteiger partial charge in [-0.1, -0.05) is 48.5 Å². The van der Waals surface area contributed by atoms with Crippen LogP contribution in [0.4, 0.5) is 0 Å². The molecule has 3 aromatic rings. The molecule has 100 valence electrons. The molecule has 0 fully saturated rings. The number of hydrogen-bond donors (Lipinski definition) is 1. The smallest absolute Gasteiger partial charge is 0.0512 e. The Morgan fingerprint density at radius 3 is 2.65 bits per heavy atom. The van der Waals surface area contributed by atoms with E-state index in [-0.39, 0.29) is 6.04 Å². The van der Waals surface area contributed by atoms with Crippen molar-refractivity contribution in [3.63, 3.8) is 0 Å². The zero-order chi connectivity index (χ0) is 13.8. The molecule has 1 atom stereocenters. The van der Waals surface area contributed by atoms with Crippen LogP contribution in [0.15, 0.2) is 65.8 Å². The number of fused-ring (bicyclic) bond motifs is 1. The summed E-state index contributed by atoms with van der Waals surface area (Å²) in [4.78, 5) is 7.95. The van der Waals surface area contributed by atoms with Crippen LogP contribution in [0, 0.1) is 0 Å². The highest BCUT2D eigenvalue weighted by Gasteiger charge is 2.06.